The predicted octanol–water partition coefficient (Wildman–Crippen LogP) is 4.73. The van der Waals surface area contributed by atoms with Crippen LogP contribution >= 0.6 is 0 Å². The second-order valence-corrected chi connectivity index (χ2v) is 7.60. The normalized spacial score (nSPS) is 13.8. The highest BCUT2D eigenvalue weighted by Crippen LogP contribution is 2.23. The number of hydrogen-bond donors (Lipinski definition) is 0. The Balaban J connectivity index is 1.30. The number of amides is 1. The molecule has 0 N–H and O–H groups in total. The number of nitrogens with zero attached hydrogens (tertiary/aromatic N) is 2. The van der Waals surface area contributed by atoms with Crippen LogP contribution in [-0.2, 0) is 17.8 Å². The second kappa shape index (κ2) is 8.99. The second-order valence-electron chi connectivity index (χ2n) is 7.60. The Morgan fingerprint density at radius 2 is 1.87 bits per heavy atom. The fourth-order valence-corrected chi connectivity index (χ4v) is 3.66. The van der Waals surface area contributed by atoms with Gasteiger partial charge in [0, 0.05) is 13.1 Å². The van der Waals surface area contributed by atoms with Gasteiger partial charge in [-0.05, 0) is 49.1 Å². The van der Waals surface area contributed by atoms with Gasteiger partial charge in [0.2, 0.25) is 5.91 Å². The van der Waals surface area contributed by atoms with Crippen LogP contribution in [0.4, 0.5) is 0 Å². The SMILES string of the molecule is Cc1noc(C)c1COc1ccc(CC(=O)N2CC=C(c3ccccc3)CC2)cc1. The predicted molar refractivity (Wildman–Crippen MR) is 116 cm³/mol. The lowest BCUT2D eigenvalue weighted by Crippen LogP contribution is -2.35. The fourth-order valence-electron chi connectivity index (χ4n) is 3.66. The van der Waals surface area contributed by atoms with Gasteiger partial charge in [0.25, 0.3) is 0 Å². The molecule has 4 rings (SSSR count). The van der Waals surface area contributed by atoms with Crippen LogP contribution in [0, 0.1) is 13.8 Å². The largest absolute Gasteiger partial charge is 0.489 e. The summed E-state index contributed by atoms with van der Waals surface area (Å²) in [4.78, 5) is 14.6. The monoisotopic (exact) mass is 402 g/mol. The molecule has 0 aliphatic carbocycles. The molecule has 0 radical (unpaired) electrons. The lowest BCUT2D eigenvalue weighted by molar-refractivity contribution is -0.130. The maximum atomic E-state index is 12.7. The Morgan fingerprint density at radius 1 is 1.10 bits per heavy atom. The number of aryl methyl sites for hydroxylation is 2. The van der Waals surface area contributed by atoms with Crippen molar-refractivity contribution in [2.75, 3.05) is 13.1 Å². The standard InChI is InChI=1S/C25H26N2O3/c1-18-24(19(2)30-26-18)17-29-23-10-8-20(9-11-23)16-25(28)27-14-12-22(13-15-27)21-6-4-3-5-7-21/h3-12H,13-17H2,1-2H3. The van der Waals surface area contributed by atoms with Crippen LogP contribution in [0.2, 0.25) is 0 Å². The van der Waals surface area contributed by atoms with Gasteiger partial charge in [0.05, 0.1) is 17.7 Å². The fraction of sp³-hybridized carbons (Fsp3) is 0.280. The van der Waals surface area contributed by atoms with E-state index in [0.717, 1.165) is 41.3 Å². The average molecular weight is 402 g/mol. The number of hydrogen-bond acceptors (Lipinski definition) is 4. The zero-order valence-electron chi connectivity index (χ0n) is 17.4. The molecule has 1 amide bonds. The van der Waals surface area contributed by atoms with E-state index in [2.05, 4.69) is 35.5 Å². The van der Waals surface area contributed by atoms with Gasteiger partial charge in [-0.15, -0.1) is 0 Å². The summed E-state index contributed by atoms with van der Waals surface area (Å²) in [6, 6.07) is 18.1. The minimum Gasteiger partial charge on any atom is -0.489 e. The van der Waals surface area contributed by atoms with Crippen LogP contribution in [-0.4, -0.2) is 29.1 Å². The van der Waals surface area contributed by atoms with Gasteiger partial charge in [0.15, 0.2) is 0 Å². The molecule has 1 aliphatic rings. The van der Waals surface area contributed by atoms with E-state index in [0.29, 0.717) is 19.6 Å². The lowest BCUT2D eigenvalue weighted by Gasteiger charge is -2.27. The van der Waals surface area contributed by atoms with Crippen LogP contribution < -0.4 is 4.74 Å². The van der Waals surface area contributed by atoms with Crippen LogP contribution in [0.3, 0.4) is 0 Å². The highest BCUT2D eigenvalue weighted by Gasteiger charge is 2.18. The Hall–Kier alpha value is -3.34. The summed E-state index contributed by atoms with van der Waals surface area (Å²) in [5, 5.41) is 3.94. The van der Waals surface area contributed by atoms with Crippen LogP contribution in [0.5, 0.6) is 5.75 Å². The van der Waals surface area contributed by atoms with E-state index in [1.165, 1.54) is 11.1 Å². The highest BCUT2D eigenvalue weighted by atomic mass is 16.5. The van der Waals surface area contributed by atoms with Gasteiger partial charge in [-0.2, -0.15) is 0 Å². The third kappa shape index (κ3) is 4.62. The van der Waals surface area contributed by atoms with Gasteiger partial charge in [0.1, 0.15) is 18.1 Å². The molecule has 0 spiro atoms. The molecule has 2 heterocycles. The van der Waals surface area contributed by atoms with Crippen molar-refractivity contribution in [3.8, 4) is 5.75 Å². The molecule has 2 aromatic carbocycles. The Labute approximate surface area is 176 Å². The third-order valence-corrected chi connectivity index (χ3v) is 5.55. The maximum Gasteiger partial charge on any atom is 0.227 e. The first kappa shape index (κ1) is 20.0. The molecule has 0 atom stereocenters. The van der Waals surface area contributed by atoms with Crippen molar-refractivity contribution in [2.24, 2.45) is 0 Å². The minimum absolute atomic E-state index is 0.155. The van der Waals surface area contributed by atoms with Crippen molar-refractivity contribution in [3.05, 3.63) is 88.8 Å². The summed E-state index contributed by atoms with van der Waals surface area (Å²) in [6.45, 7) is 5.64. The summed E-state index contributed by atoms with van der Waals surface area (Å²) >= 11 is 0. The quantitative estimate of drug-likeness (QED) is 0.598. The Kier molecular flexibility index (Phi) is 5.98. The van der Waals surface area contributed by atoms with Gasteiger partial charge in [-0.3, -0.25) is 4.79 Å². The van der Waals surface area contributed by atoms with Crippen molar-refractivity contribution in [1.82, 2.24) is 10.1 Å². The number of aromatic nitrogens is 1. The topological polar surface area (TPSA) is 55.6 Å². The molecular weight excluding hydrogens is 376 g/mol. The first-order valence-corrected chi connectivity index (χ1v) is 10.3. The molecule has 154 valence electrons. The molecule has 0 unspecified atom stereocenters. The van der Waals surface area contributed by atoms with E-state index >= 15 is 0 Å². The Morgan fingerprint density at radius 3 is 2.50 bits per heavy atom. The van der Waals surface area contributed by atoms with Crippen molar-refractivity contribution in [1.29, 1.82) is 0 Å². The zero-order chi connectivity index (χ0) is 20.9. The van der Waals surface area contributed by atoms with E-state index in [1.807, 2.05) is 49.1 Å². The van der Waals surface area contributed by atoms with Crippen molar-refractivity contribution in [3.63, 3.8) is 0 Å². The van der Waals surface area contributed by atoms with E-state index in [9.17, 15) is 4.79 Å². The minimum atomic E-state index is 0.155. The van der Waals surface area contributed by atoms with Crippen LogP contribution in [0.1, 0.15) is 34.6 Å². The summed E-state index contributed by atoms with van der Waals surface area (Å²) in [7, 11) is 0. The molecule has 0 saturated heterocycles. The molecule has 1 aromatic heterocycles. The molecule has 0 fully saturated rings. The van der Waals surface area contributed by atoms with Crippen molar-refractivity contribution >= 4 is 11.5 Å². The number of carbonyl (C=O) groups is 1. The van der Waals surface area contributed by atoms with E-state index in [1.54, 1.807) is 0 Å². The van der Waals surface area contributed by atoms with Crippen LogP contribution in [0.15, 0.2) is 65.2 Å². The lowest BCUT2D eigenvalue weighted by atomic mass is 9.99. The van der Waals surface area contributed by atoms with Gasteiger partial charge in [-0.25, -0.2) is 0 Å². The molecule has 5 heteroatoms. The first-order chi connectivity index (χ1) is 14.6. The molecular formula is C25H26N2O3. The van der Waals surface area contributed by atoms with Gasteiger partial charge < -0.3 is 14.2 Å². The highest BCUT2D eigenvalue weighted by molar-refractivity contribution is 5.80. The van der Waals surface area contributed by atoms with Gasteiger partial charge in [-0.1, -0.05) is 53.7 Å². The number of carbonyl (C=O) groups excluding carboxylic acids is 1. The summed E-state index contributed by atoms with van der Waals surface area (Å²) in [6.07, 6.45) is 3.46. The Bertz CT molecular complexity index is 1020. The summed E-state index contributed by atoms with van der Waals surface area (Å²) in [5.41, 5.74) is 5.38. The average Bonchev–Trinajstić information content (AvgIpc) is 3.11. The van der Waals surface area contributed by atoms with Crippen LogP contribution in [0.25, 0.3) is 5.57 Å². The maximum absolute atomic E-state index is 12.7. The molecule has 0 saturated carbocycles. The number of ether oxygens (including phenoxy) is 1. The van der Waals surface area contributed by atoms with E-state index in [4.69, 9.17) is 9.26 Å². The number of benzene rings is 2. The molecule has 5 nitrogen and oxygen atoms in total. The third-order valence-electron chi connectivity index (χ3n) is 5.55. The molecule has 1 aliphatic heterocycles. The first-order valence-electron chi connectivity index (χ1n) is 10.3. The molecule has 0 bridgehead atoms. The van der Waals surface area contributed by atoms with E-state index in [-0.39, 0.29) is 5.91 Å². The zero-order valence-corrected chi connectivity index (χ0v) is 17.4. The van der Waals surface area contributed by atoms with Crippen molar-refractivity contribution < 1.29 is 14.1 Å². The van der Waals surface area contributed by atoms with Gasteiger partial charge >= 0.3 is 0 Å². The smallest absolute Gasteiger partial charge is 0.227 e. The number of rotatable bonds is 6. The molecule has 30 heavy (non-hydrogen) atoms. The van der Waals surface area contributed by atoms with Crippen molar-refractivity contribution in [2.45, 2.75) is 33.3 Å². The van der Waals surface area contributed by atoms with E-state index < -0.39 is 0 Å². The summed E-state index contributed by atoms with van der Waals surface area (Å²) in [5.74, 6) is 1.70. The summed E-state index contributed by atoms with van der Waals surface area (Å²) < 4.78 is 11.0. The molecule has 3 aromatic rings.